The summed E-state index contributed by atoms with van der Waals surface area (Å²) >= 11 is 3.03. The van der Waals surface area contributed by atoms with Gasteiger partial charge in [0.25, 0.3) is 6.43 Å². The van der Waals surface area contributed by atoms with Crippen molar-refractivity contribution < 1.29 is 23.8 Å². The van der Waals surface area contributed by atoms with Crippen LogP contribution >= 0.6 is 15.9 Å². The molecule has 0 spiro atoms. The topological polar surface area (TPSA) is 83.5 Å². The summed E-state index contributed by atoms with van der Waals surface area (Å²) in [6.07, 6.45) is -3.10. The number of hydrogen-bond acceptors (Lipinski definition) is 3. The Morgan fingerprint density at radius 1 is 1.56 bits per heavy atom. The van der Waals surface area contributed by atoms with E-state index in [1.807, 2.05) is 0 Å². The molecule has 4 nitrogen and oxygen atoms in total. The molecule has 0 aromatic heterocycles. The number of halogens is 3. The quantitative estimate of drug-likeness (QED) is 0.794. The molecular weight excluding hydrogens is 312 g/mol. The van der Waals surface area contributed by atoms with Gasteiger partial charge in [-0.2, -0.15) is 0 Å². The third-order valence-corrected chi connectivity index (χ3v) is 3.19. The normalized spacial score (nSPS) is 14.6. The molecule has 4 N–H and O–H groups in total. The van der Waals surface area contributed by atoms with Crippen LogP contribution in [-0.2, 0) is 11.2 Å². The first-order valence-electron chi connectivity index (χ1n) is 4.97. The number of hydrogen-bond donors (Lipinski definition) is 3. The van der Waals surface area contributed by atoms with Gasteiger partial charge in [-0.1, -0.05) is 15.9 Å². The van der Waals surface area contributed by atoms with Crippen molar-refractivity contribution in [1.82, 2.24) is 0 Å². The molecule has 1 atom stereocenters. The van der Waals surface area contributed by atoms with Crippen LogP contribution in [0.5, 0.6) is 5.75 Å². The van der Waals surface area contributed by atoms with Crippen LogP contribution in [0.2, 0.25) is 0 Å². The molecule has 18 heavy (non-hydrogen) atoms. The van der Waals surface area contributed by atoms with E-state index in [9.17, 15) is 18.7 Å². The predicted octanol–water partition coefficient (Wildman–Crippen LogP) is 2.44. The van der Waals surface area contributed by atoms with E-state index in [1.165, 1.54) is 13.0 Å². The first kappa shape index (κ1) is 14.8. The van der Waals surface area contributed by atoms with Gasteiger partial charge in [0.1, 0.15) is 11.3 Å². The average molecular weight is 324 g/mol. The van der Waals surface area contributed by atoms with Gasteiger partial charge in [-0.25, -0.2) is 8.78 Å². The van der Waals surface area contributed by atoms with Gasteiger partial charge in [-0.05, 0) is 24.6 Å². The summed E-state index contributed by atoms with van der Waals surface area (Å²) in [4.78, 5) is 10.9. The lowest BCUT2D eigenvalue weighted by Gasteiger charge is -2.22. The Morgan fingerprint density at radius 2 is 2.11 bits per heavy atom. The third kappa shape index (κ3) is 3.17. The van der Waals surface area contributed by atoms with E-state index in [4.69, 9.17) is 10.8 Å². The molecule has 0 aliphatic rings. The molecule has 100 valence electrons. The molecule has 0 radical (unpaired) electrons. The smallest absolute Gasteiger partial charge is 0.323 e. The number of phenols is 1. The molecule has 0 saturated heterocycles. The van der Waals surface area contributed by atoms with E-state index in [1.54, 1.807) is 0 Å². The van der Waals surface area contributed by atoms with Gasteiger partial charge < -0.3 is 15.9 Å². The number of aromatic hydroxyl groups is 1. The first-order chi connectivity index (χ1) is 8.15. The fraction of sp³-hybridized carbons (Fsp3) is 0.364. The van der Waals surface area contributed by atoms with E-state index in [2.05, 4.69) is 15.9 Å². The van der Waals surface area contributed by atoms with E-state index >= 15 is 0 Å². The van der Waals surface area contributed by atoms with Gasteiger partial charge in [-0.15, -0.1) is 0 Å². The van der Waals surface area contributed by atoms with E-state index in [-0.39, 0.29) is 22.2 Å². The van der Waals surface area contributed by atoms with Crippen LogP contribution in [0.25, 0.3) is 0 Å². The van der Waals surface area contributed by atoms with Gasteiger partial charge in [-0.3, -0.25) is 4.79 Å². The van der Waals surface area contributed by atoms with Crippen molar-refractivity contribution in [2.45, 2.75) is 25.3 Å². The molecule has 1 aromatic carbocycles. The number of phenolic OH excluding ortho intramolecular Hbond substituents is 1. The molecule has 1 rings (SSSR count). The zero-order valence-electron chi connectivity index (χ0n) is 9.45. The molecule has 0 fully saturated rings. The lowest BCUT2D eigenvalue weighted by molar-refractivity contribution is -0.142. The molecule has 0 aliphatic carbocycles. The number of rotatable bonds is 4. The number of benzene rings is 1. The standard InChI is InChI=1S/C11H12BrF2NO3/c1-11(15,10(17)18)4-7-6(9(13)14)2-5(16)3-8(7)12/h2-3,9,16H,4,15H2,1H3,(H,17,18)/t11-/m0/s1. The highest BCUT2D eigenvalue weighted by Gasteiger charge is 2.31. The highest BCUT2D eigenvalue weighted by Crippen LogP contribution is 2.34. The lowest BCUT2D eigenvalue weighted by Crippen LogP contribution is -2.47. The summed E-state index contributed by atoms with van der Waals surface area (Å²) in [5.41, 5.74) is 3.52. The summed E-state index contributed by atoms with van der Waals surface area (Å²) in [6, 6.07) is 2.13. The highest BCUT2D eigenvalue weighted by molar-refractivity contribution is 9.10. The number of nitrogens with two attached hydrogens (primary N) is 1. The van der Waals surface area contributed by atoms with Crippen LogP contribution in [0.3, 0.4) is 0 Å². The monoisotopic (exact) mass is 323 g/mol. The Balaban J connectivity index is 3.27. The number of carbonyl (C=O) groups is 1. The van der Waals surface area contributed by atoms with E-state index in [0.717, 1.165) is 6.07 Å². The van der Waals surface area contributed by atoms with Crippen molar-refractivity contribution in [3.8, 4) is 5.75 Å². The third-order valence-electron chi connectivity index (χ3n) is 2.48. The molecule has 0 amide bonds. The summed E-state index contributed by atoms with van der Waals surface area (Å²) in [6.45, 7) is 1.24. The average Bonchev–Trinajstić information content (AvgIpc) is 2.21. The molecule has 0 heterocycles. The maximum atomic E-state index is 12.8. The molecule has 0 aliphatic heterocycles. The van der Waals surface area contributed by atoms with Crippen molar-refractivity contribution in [2.24, 2.45) is 5.73 Å². The Kier molecular flexibility index (Phi) is 4.28. The SMILES string of the molecule is C[C@](N)(Cc1c(Br)cc(O)cc1C(F)F)C(=O)O. The van der Waals surface area contributed by atoms with Crippen molar-refractivity contribution in [3.63, 3.8) is 0 Å². The van der Waals surface area contributed by atoms with Gasteiger partial charge in [0, 0.05) is 16.5 Å². The molecule has 0 unspecified atom stereocenters. The molecule has 0 bridgehead atoms. The van der Waals surface area contributed by atoms with Crippen molar-refractivity contribution >= 4 is 21.9 Å². The minimum atomic E-state index is -2.83. The lowest BCUT2D eigenvalue weighted by atomic mass is 9.91. The second-order valence-electron chi connectivity index (χ2n) is 4.20. The second-order valence-corrected chi connectivity index (χ2v) is 5.05. The summed E-state index contributed by atoms with van der Waals surface area (Å²) in [5.74, 6) is -1.61. The fourth-order valence-electron chi connectivity index (χ4n) is 1.47. The second kappa shape index (κ2) is 5.19. The maximum absolute atomic E-state index is 12.8. The van der Waals surface area contributed by atoms with Crippen molar-refractivity contribution in [3.05, 3.63) is 27.7 Å². The minimum absolute atomic E-state index is 0.0789. The van der Waals surface area contributed by atoms with E-state index < -0.39 is 23.5 Å². The molecular formula is C11H12BrF2NO3. The summed E-state index contributed by atoms with van der Waals surface area (Å²) < 4.78 is 25.9. The Morgan fingerprint density at radius 3 is 2.56 bits per heavy atom. The highest BCUT2D eigenvalue weighted by atomic mass is 79.9. The molecule has 1 aromatic rings. The Bertz CT molecular complexity index is 478. The fourth-order valence-corrected chi connectivity index (χ4v) is 2.07. The summed E-state index contributed by atoms with van der Waals surface area (Å²) in [7, 11) is 0. The minimum Gasteiger partial charge on any atom is -0.508 e. The van der Waals surface area contributed by atoms with Gasteiger partial charge in [0.05, 0.1) is 0 Å². The number of alkyl halides is 2. The summed E-state index contributed by atoms with van der Waals surface area (Å²) in [5, 5.41) is 18.2. The van der Waals surface area contributed by atoms with Crippen LogP contribution in [0.4, 0.5) is 8.78 Å². The van der Waals surface area contributed by atoms with Crippen LogP contribution < -0.4 is 5.73 Å². The van der Waals surface area contributed by atoms with E-state index in [0.29, 0.717) is 0 Å². The predicted molar refractivity (Wildman–Crippen MR) is 64.7 cm³/mol. The Hall–Kier alpha value is -1.21. The van der Waals surface area contributed by atoms with Crippen LogP contribution in [0.1, 0.15) is 24.5 Å². The molecule has 7 heteroatoms. The van der Waals surface area contributed by atoms with Crippen LogP contribution in [0.15, 0.2) is 16.6 Å². The van der Waals surface area contributed by atoms with Gasteiger partial charge >= 0.3 is 5.97 Å². The zero-order valence-corrected chi connectivity index (χ0v) is 11.0. The van der Waals surface area contributed by atoms with Gasteiger partial charge in [0.15, 0.2) is 0 Å². The molecule has 0 saturated carbocycles. The number of aliphatic carboxylic acids is 1. The number of carboxylic acid groups (broad SMARTS) is 1. The van der Waals surface area contributed by atoms with Crippen LogP contribution in [-0.4, -0.2) is 21.7 Å². The number of carboxylic acids is 1. The zero-order chi connectivity index (χ0) is 14.1. The van der Waals surface area contributed by atoms with Gasteiger partial charge in [0.2, 0.25) is 0 Å². The van der Waals surface area contributed by atoms with Crippen LogP contribution in [0, 0.1) is 0 Å². The Labute approximate surface area is 111 Å². The largest absolute Gasteiger partial charge is 0.508 e. The van der Waals surface area contributed by atoms with Crippen molar-refractivity contribution in [1.29, 1.82) is 0 Å². The first-order valence-corrected chi connectivity index (χ1v) is 5.76. The maximum Gasteiger partial charge on any atom is 0.323 e. The van der Waals surface area contributed by atoms with Crippen molar-refractivity contribution in [2.75, 3.05) is 0 Å².